The standard InChI is InChI=1S/C21H24N4O3/c1-13(2)22-20(26)18-16-10-7-8-12-25(16)19(24-18)21(27)23-15-9-5-6-11-17(15)28-14(3)4/h5-14H,1-4H3,(H,22,26)(H,23,27). The molecule has 0 bridgehead atoms. The molecule has 0 unspecified atom stereocenters. The first-order chi connectivity index (χ1) is 13.4. The minimum absolute atomic E-state index is 0.0309. The second-order valence-electron chi connectivity index (χ2n) is 6.98. The van der Waals surface area contributed by atoms with Crippen LogP contribution in [0.2, 0.25) is 0 Å². The minimum atomic E-state index is -0.426. The zero-order chi connectivity index (χ0) is 20.3. The van der Waals surface area contributed by atoms with Crippen molar-refractivity contribution >= 4 is 23.0 Å². The van der Waals surface area contributed by atoms with Crippen LogP contribution < -0.4 is 15.4 Å². The van der Waals surface area contributed by atoms with Gasteiger partial charge in [-0.05, 0) is 52.0 Å². The Hall–Kier alpha value is -3.35. The van der Waals surface area contributed by atoms with Gasteiger partial charge in [0.15, 0.2) is 5.69 Å². The normalized spacial score (nSPS) is 11.1. The summed E-state index contributed by atoms with van der Waals surface area (Å²) < 4.78 is 7.36. The van der Waals surface area contributed by atoms with Crippen molar-refractivity contribution in [2.24, 2.45) is 0 Å². The monoisotopic (exact) mass is 380 g/mol. The van der Waals surface area contributed by atoms with Gasteiger partial charge in [-0.15, -0.1) is 0 Å². The fourth-order valence-electron chi connectivity index (χ4n) is 2.80. The van der Waals surface area contributed by atoms with Gasteiger partial charge in [-0.1, -0.05) is 18.2 Å². The number of para-hydroxylation sites is 2. The van der Waals surface area contributed by atoms with Crippen LogP contribution in [0.15, 0.2) is 48.7 Å². The number of nitrogens with one attached hydrogen (secondary N) is 2. The molecule has 0 fully saturated rings. The van der Waals surface area contributed by atoms with E-state index in [2.05, 4.69) is 15.6 Å². The molecule has 28 heavy (non-hydrogen) atoms. The Kier molecular flexibility index (Phi) is 5.63. The second-order valence-corrected chi connectivity index (χ2v) is 6.98. The summed E-state index contributed by atoms with van der Waals surface area (Å²) in [5, 5.41) is 5.66. The Bertz CT molecular complexity index is 1010. The summed E-state index contributed by atoms with van der Waals surface area (Å²) in [5.74, 6) is -0.0424. The molecule has 2 N–H and O–H groups in total. The van der Waals surface area contributed by atoms with Crippen LogP contribution in [0.4, 0.5) is 5.69 Å². The van der Waals surface area contributed by atoms with Crippen LogP contribution in [0, 0.1) is 0 Å². The van der Waals surface area contributed by atoms with E-state index in [1.807, 2.05) is 39.8 Å². The molecular weight excluding hydrogens is 356 g/mol. The zero-order valence-corrected chi connectivity index (χ0v) is 16.4. The fourth-order valence-corrected chi connectivity index (χ4v) is 2.80. The van der Waals surface area contributed by atoms with Gasteiger partial charge in [0.2, 0.25) is 5.82 Å². The number of ether oxygens (including phenoxy) is 1. The number of fused-ring (bicyclic) bond motifs is 1. The molecule has 3 rings (SSSR count). The predicted octanol–water partition coefficient (Wildman–Crippen LogP) is 3.51. The van der Waals surface area contributed by atoms with Crippen molar-refractivity contribution < 1.29 is 14.3 Å². The van der Waals surface area contributed by atoms with Crippen LogP contribution in [-0.4, -0.2) is 33.3 Å². The topological polar surface area (TPSA) is 84.7 Å². The van der Waals surface area contributed by atoms with Gasteiger partial charge in [0.25, 0.3) is 11.8 Å². The molecule has 0 saturated carbocycles. The van der Waals surface area contributed by atoms with Crippen LogP contribution in [0.3, 0.4) is 0 Å². The number of aromatic nitrogens is 2. The number of amides is 2. The second kappa shape index (κ2) is 8.12. The average Bonchev–Trinajstić information content (AvgIpc) is 3.02. The summed E-state index contributed by atoms with van der Waals surface area (Å²) in [7, 11) is 0. The number of hydrogen-bond acceptors (Lipinski definition) is 4. The molecule has 2 amide bonds. The molecule has 0 atom stereocenters. The van der Waals surface area contributed by atoms with Crippen molar-refractivity contribution in [3.05, 3.63) is 60.2 Å². The van der Waals surface area contributed by atoms with Crippen molar-refractivity contribution in [1.29, 1.82) is 0 Å². The number of anilines is 1. The Morgan fingerprint density at radius 1 is 1.00 bits per heavy atom. The quantitative estimate of drug-likeness (QED) is 0.685. The first kappa shape index (κ1) is 19.4. The summed E-state index contributed by atoms with van der Waals surface area (Å²) in [4.78, 5) is 29.8. The van der Waals surface area contributed by atoms with E-state index in [4.69, 9.17) is 4.74 Å². The highest BCUT2D eigenvalue weighted by atomic mass is 16.5. The molecular formula is C21H24N4O3. The smallest absolute Gasteiger partial charge is 0.292 e. The fraction of sp³-hybridized carbons (Fsp3) is 0.286. The highest BCUT2D eigenvalue weighted by Gasteiger charge is 2.22. The molecule has 0 saturated heterocycles. The van der Waals surface area contributed by atoms with Gasteiger partial charge in [-0.3, -0.25) is 14.0 Å². The molecule has 146 valence electrons. The van der Waals surface area contributed by atoms with Crippen LogP contribution >= 0.6 is 0 Å². The first-order valence-electron chi connectivity index (χ1n) is 9.21. The lowest BCUT2D eigenvalue weighted by Crippen LogP contribution is -2.30. The summed E-state index contributed by atoms with van der Waals surface area (Å²) in [6.07, 6.45) is 1.68. The zero-order valence-electron chi connectivity index (χ0n) is 16.4. The molecule has 2 heterocycles. The van der Waals surface area contributed by atoms with Crippen molar-refractivity contribution in [3.63, 3.8) is 0 Å². The lowest BCUT2D eigenvalue weighted by atomic mass is 10.3. The first-order valence-corrected chi connectivity index (χ1v) is 9.21. The van der Waals surface area contributed by atoms with E-state index in [9.17, 15) is 9.59 Å². The van der Waals surface area contributed by atoms with E-state index in [0.717, 1.165) is 0 Å². The number of carbonyl (C=O) groups excluding carboxylic acids is 2. The van der Waals surface area contributed by atoms with Gasteiger partial charge in [0.05, 0.1) is 17.3 Å². The van der Waals surface area contributed by atoms with Gasteiger partial charge >= 0.3 is 0 Å². The van der Waals surface area contributed by atoms with Gasteiger partial charge in [0, 0.05) is 12.2 Å². The Labute approximate surface area is 163 Å². The summed E-state index contributed by atoms with van der Waals surface area (Å²) in [6.45, 7) is 7.57. The Morgan fingerprint density at radius 2 is 1.71 bits per heavy atom. The van der Waals surface area contributed by atoms with Crippen molar-refractivity contribution in [1.82, 2.24) is 14.7 Å². The van der Waals surface area contributed by atoms with Crippen LogP contribution in [0.5, 0.6) is 5.75 Å². The van der Waals surface area contributed by atoms with Gasteiger partial charge in [0.1, 0.15) is 5.75 Å². The number of imidazole rings is 1. The van der Waals surface area contributed by atoms with Crippen molar-refractivity contribution in [3.8, 4) is 5.75 Å². The molecule has 0 aliphatic rings. The van der Waals surface area contributed by atoms with E-state index < -0.39 is 5.91 Å². The lowest BCUT2D eigenvalue weighted by Gasteiger charge is -2.14. The minimum Gasteiger partial charge on any atom is -0.489 e. The molecule has 3 aromatic rings. The molecule has 0 spiro atoms. The predicted molar refractivity (Wildman–Crippen MR) is 108 cm³/mol. The largest absolute Gasteiger partial charge is 0.489 e. The maximum Gasteiger partial charge on any atom is 0.292 e. The van der Waals surface area contributed by atoms with E-state index in [-0.39, 0.29) is 29.6 Å². The van der Waals surface area contributed by atoms with E-state index in [0.29, 0.717) is 17.0 Å². The molecule has 0 aliphatic carbocycles. The average molecular weight is 380 g/mol. The highest BCUT2D eigenvalue weighted by Crippen LogP contribution is 2.25. The van der Waals surface area contributed by atoms with Gasteiger partial charge in [-0.25, -0.2) is 4.98 Å². The third-order valence-corrected chi connectivity index (χ3v) is 3.88. The van der Waals surface area contributed by atoms with Crippen molar-refractivity contribution in [2.75, 3.05) is 5.32 Å². The van der Waals surface area contributed by atoms with E-state index in [1.54, 1.807) is 40.9 Å². The van der Waals surface area contributed by atoms with Crippen LogP contribution in [0.25, 0.3) is 5.52 Å². The summed E-state index contributed by atoms with van der Waals surface area (Å²) in [6, 6.07) is 12.5. The number of hydrogen-bond donors (Lipinski definition) is 2. The number of carbonyl (C=O) groups is 2. The Balaban J connectivity index is 1.96. The number of rotatable bonds is 6. The molecule has 7 nitrogen and oxygen atoms in total. The van der Waals surface area contributed by atoms with E-state index >= 15 is 0 Å². The third-order valence-electron chi connectivity index (χ3n) is 3.88. The molecule has 0 radical (unpaired) electrons. The highest BCUT2D eigenvalue weighted by molar-refractivity contribution is 6.06. The maximum atomic E-state index is 12.9. The molecule has 0 aliphatic heterocycles. The van der Waals surface area contributed by atoms with E-state index in [1.165, 1.54) is 0 Å². The SMILES string of the molecule is CC(C)NC(=O)c1nc(C(=O)Nc2ccccc2OC(C)C)n2ccccc12. The number of benzene rings is 1. The van der Waals surface area contributed by atoms with Gasteiger partial charge in [-0.2, -0.15) is 0 Å². The van der Waals surface area contributed by atoms with Crippen LogP contribution in [0.1, 0.15) is 48.8 Å². The third kappa shape index (κ3) is 4.14. The lowest BCUT2D eigenvalue weighted by molar-refractivity contribution is 0.0940. The molecule has 2 aromatic heterocycles. The number of pyridine rings is 1. The molecule has 1 aromatic carbocycles. The summed E-state index contributed by atoms with van der Waals surface area (Å²) >= 11 is 0. The van der Waals surface area contributed by atoms with Gasteiger partial charge < -0.3 is 15.4 Å². The maximum absolute atomic E-state index is 12.9. The van der Waals surface area contributed by atoms with Crippen molar-refractivity contribution in [2.45, 2.75) is 39.8 Å². The summed E-state index contributed by atoms with van der Waals surface area (Å²) in [5.41, 5.74) is 1.32. The number of nitrogens with zero attached hydrogens (tertiary/aromatic N) is 2. The van der Waals surface area contributed by atoms with Crippen LogP contribution in [-0.2, 0) is 0 Å². The Morgan fingerprint density at radius 3 is 2.43 bits per heavy atom. The molecule has 7 heteroatoms.